The van der Waals surface area contributed by atoms with Gasteiger partial charge in [-0.05, 0) is 11.6 Å². The number of nitrogens with one attached hydrogen (secondary N) is 1. The van der Waals surface area contributed by atoms with Gasteiger partial charge in [-0.2, -0.15) is 10.2 Å². The molecule has 0 fully saturated rings. The molecule has 0 saturated carbocycles. The second kappa shape index (κ2) is 10.7. The van der Waals surface area contributed by atoms with Crippen molar-refractivity contribution in [1.29, 1.82) is 0 Å². The molecule has 176 valence electrons. The van der Waals surface area contributed by atoms with Gasteiger partial charge in [-0.15, -0.1) is 0 Å². The maximum Gasteiger partial charge on any atom is 0.243 e. The Labute approximate surface area is 198 Å². The van der Waals surface area contributed by atoms with Crippen LogP contribution in [0.3, 0.4) is 0 Å². The number of ether oxygens (including phenoxy) is 2. The van der Waals surface area contributed by atoms with Crippen LogP contribution < -0.4 is 14.8 Å². The standard InChI is InChI=1S/C25H27N5O4/c1-33-21-10-6-9-19(25(21)34-2)17-30-22(13-15-26-30)27-23(31)11-12-24(32)29-16-14-20(28-29)18-7-4-3-5-8-18/h3-10,13,15H,11-12,14,16-17H2,1-2H3,(H,27,31). The summed E-state index contributed by atoms with van der Waals surface area (Å²) in [7, 11) is 3.16. The molecule has 0 saturated heterocycles. The number of carbonyl (C=O) groups excluding carboxylic acids is 2. The highest BCUT2D eigenvalue weighted by Gasteiger charge is 2.22. The van der Waals surface area contributed by atoms with Crippen LogP contribution in [0.25, 0.3) is 0 Å². The van der Waals surface area contributed by atoms with Crippen LogP contribution in [-0.4, -0.2) is 53.1 Å². The number of nitrogens with zero attached hydrogens (tertiary/aromatic N) is 4. The molecule has 9 heteroatoms. The van der Waals surface area contributed by atoms with Crippen molar-refractivity contribution in [2.45, 2.75) is 25.8 Å². The van der Waals surface area contributed by atoms with Crippen molar-refractivity contribution in [2.24, 2.45) is 5.10 Å². The van der Waals surface area contributed by atoms with E-state index in [4.69, 9.17) is 9.47 Å². The smallest absolute Gasteiger partial charge is 0.243 e. The van der Waals surface area contributed by atoms with E-state index in [9.17, 15) is 9.59 Å². The summed E-state index contributed by atoms with van der Waals surface area (Å²) in [4.78, 5) is 25.1. The Kier molecular flexibility index (Phi) is 7.22. The molecular formula is C25H27N5O4. The fourth-order valence-electron chi connectivity index (χ4n) is 3.83. The van der Waals surface area contributed by atoms with E-state index in [1.807, 2.05) is 48.5 Å². The lowest BCUT2D eigenvalue weighted by molar-refractivity contribution is -0.132. The average molecular weight is 462 g/mol. The highest BCUT2D eigenvalue weighted by molar-refractivity contribution is 6.02. The second-order valence-corrected chi connectivity index (χ2v) is 7.75. The molecule has 0 atom stereocenters. The molecule has 1 N–H and O–H groups in total. The first kappa shape index (κ1) is 23.0. The zero-order chi connectivity index (χ0) is 23.9. The number of hydrogen-bond donors (Lipinski definition) is 1. The minimum Gasteiger partial charge on any atom is -0.493 e. The second-order valence-electron chi connectivity index (χ2n) is 7.75. The summed E-state index contributed by atoms with van der Waals surface area (Å²) in [6.07, 6.45) is 2.45. The van der Waals surface area contributed by atoms with E-state index < -0.39 is 0 Å². The first-order chi connectivity index (χ1) is 16.6. The number of methoxy groups -OCH3 is 2. The van der Waals surface area contributed by atoms with Crippen molar-refractivity contribution in [3.63, 3.8) is 0 Å². The number of hydrazone groups is 1. The molecule has 0 radical (unpaired) electrons. The summed E-state index contributed by atoms with van der Waals surface area (Å²) in [6.45, 7) is 0.909. The van der Waals surface area contributed by atoms with Gasteiger partial charge in [0, 0.05) is 30.9 Å². The van der Waals surface area contributed by atoms with Crippen LogP contribution in [0, 0.1) is 0 Å². The first-order valence-corrected chi connectivity index (χ1v) is 11.0. The lowest BCUT2D eigenvalue weighted by Crippen LogP contribution is -2.25. The Hall–Kier alpha value is -4.14. The minimum absolute atomic E-state index is 0.0547. The van der Waals surface area contributed by atoms with Crippen LogP contribution in [-0.2, 0) is 16.1 Å². The lowest BCUT2D eigenvalue weighted by atomic mass is 10.1. The van der Waals surface area contributed by atoms with Gasteiger partial charge in [0.15, 0.2) is 11.5 Å². The predicted octanol–water partition coefficient (Wildman–Crippen LogP) is 3.30. The van der Waals surface area contributed by atoms with Gasteiger partial charge in [0.1, 0.15) is 5.82 Å². The predicted molar refractivity (Wildman–Crippen MR) is 128 cm³/mol. The summed E-state index contributed by atoms with van der Waals surface area (Å²) in [6, 6.07) is 17.1. The van der Waals surface area contributed by atoms with E-state index in [-0.39, 0.29) is 24.7 Å². The third-order valence-electron chi connectivity index (χ3n) is 5.55. The molecule has 0 aliphatic carbocycles. The Balaban J connectivity index is 1.33. The molecule has 3 aromatic rings. The molecule has 9 nitrogen and oxygen atoms in total. The summed E-state index contributed by atoms with van der Waals surface area (Å²) in [5.41, 5.74) is 2.75. The van der Waals surface area contributed by atoms with Gasteiger partial charge in [-0.1, -0.05) is 42.5 Å². The molecule has 0 unspecified atom stereocenters. The molecule has 1 aliphatic rings. The molecule has 4 rings (SSSR count). The van der Waals surface area contributed by atoms with Crippen LogP contribution in [0.15, 0.2) is 65.9 Å². The number of para-hydroxylation sites is 1. The van der Waals surface area contributed by atoms with Crippen molar-refractivity contribution in [3.8, 4) is 11.5 Å². The minimum atomic E-state index is -0.265. The van der Waals surface area contributed by atoms with Gasteiger partial charge in [0.2, 0.25) is 11.8 Å². The number of anilines is 1. The van der Waals surface area contributed by atoms with Gasteiger partial charge in [-0.25, -0.2) is 9.69 Å². The van der Waals surface area contributed by atoms with Crippen LogP contribution in [0.2, 0.25) is 0 Å². The largest absolute Gasteiger partial charge is 0.493 e. The molecule has 1 aromatic heterocycles. The van der Waals surface area contributed by atoms with Gasteiger partial charge >= 0.3 is 0 Å². The van der Waals surface area contributed by atoms with Gasteiger partial charge in [0.25, 0.3) is 0 Å². The summed E-state index contributed by atoms with van der Waals surface area (Å²) < 4.78 is 12.5. The molecule has 34 heavy (non-hydrogen) atoms. The molecule has 2 amide bonds. The van der Waals surface area contributed by atoms with Gasteiger partial charge in [0.05, 0.1) is 39.2 Å². The summed E-state index contributed by atoms with van der Waals surface area (Å²) in [5.74, 6) is 1.34. The van der Waals surface area contributed by atoms with Crippen molar-refractivity contribution in [2.75, 3.05) is 26.1 Å². The quantitative estimate of drug-likeness (QED) is 0.527. The monoisotopic (exact) mass is 461 g/mol. The first-order valence-electron chi connectivity index (χ1n) is 11.0. The number of benzene rings is 2. The summed E-state index contributed by atoms with van der Waals surface area (Å²) in [5, 5.41) is 13.0. The number of rotatable bonds is 9. The maximum absolute atomic E-state index is 12.6. The van der Waals surface area contributed by atoms with Gasteiger partial charge < -0.3 is 14.8 Å². The fourth-order valence-corrected chi connectivity index (χ4v) is 3.83. The van der Waals surface area contributed by atoms with Crippen LogP contribution in [0.5, 0.6) is 11.5 Å². The van der Waals surface area contributed by atoms with Crippen LogP contribution in [0.4, 0.5) is 5.82 Å². The molecular weight excluding hydrogens is 434 g/mol. The summed E-state index contributed by atoms with van der Waals surface area (Å²) >= 11 is 0. The van der Waals surface area contributed by atoms with Crippen molar-refractivity contribution >= 4 is 23.3 Å². The average Bonchev–Trinajstić information content (AvgIpc) is 3.53. The van der Waals surface area contributed by atoms with E-state index >= 15 is 0 Å². The zero-order valence-corrected chi connectivity index (χ0v) is 19.2. The van der Waals surface area contributed by atoms with E-state index in [1.165, 1.54) is 5.01 Å². The fraction of sp³-hybridized carbons (Fsp3) is 0.280. The Morgan fingerprint density at radius 2 is 1.82 bits per heavy atom. The third-order valence-corrected chi connectivity index (χ3v) is 5.55. The number of amides is 2. The number of hydrogen-bond acceptors (Lipinski definition) is 6. The van der Waals surface area contributed by atoms with Crippen molar-refractivity contribution in [3.05, 3.63) is 71.9 Å². The zero-order valence-electron chi connectivity index (χ0n) is 19.2. The Bertz CT molecular complexity index is 1190. The highest BCUT2D eigenvalue weighted by Crippen LogP contribution is 2.31. The van der Waals surface area contributed by atoms with E-state index in [1.54, 1.807) is 31.2 Å². The number of carbonyl (C=O) groups is 2. The van der Waals surface area contributed by atoms with Gasteiger partial charge in [-0.3, -0.25) is 9.59 Å². The molecule has 1 aliphatic heterocycles. The normalized spacial score (nSPS) is 12.9. The van der Waals surface area contributed by atoms with Crippen LogP contribution >= 0.6 is 0 Å². The highest BCUT2D eigenvalue weighted by atomic mass is 16.5. The molecule has 0 bridgehead atoms. The van der Waals surface area contributed by atoms with Crippen molar-refractivity contribution < 1.29 is 19.1 Å². The molecule has 2 aromatic carbocycles. The number of aromatic nitrogens is 2. The van der Waals surface area contributed by atoms with E-state index in [2.05, 4.69) is 15.5 Å². The molecule has 0 spiro atoms. The van der Waals surface area contributed by atoms with E-state index in [0.717, 1.165) is 16.8 Å². The SMILES string of the molecule is COc1cccc(Cn2nccc2NC(=O)CCC(=O)N2CCC(c3ccccc3)=N2)c1OC. The Morgan fingerprint density at radius 3 is 2.59 bits per heavy atom. The molecule has 2 heterocycles. The maximum atomic E-state index is 12.6. The Morgan fingerprint density at radius 1 is 1.00 bits per heavy atom. The van der Waals surface area contributed by atoms with Crippen molar-refractivity contribution in [1.82, 2.24) is 14.8 Å². The topological polar surface area (TPSA) is 98.0 Å². The lowest BCUT2D eigenvalue weighted by Gasteiger charge is -2.14. The third kappa shape index (κ3) is 5.25. The van der Waals surface area contributed by atoms with Crippen LogP contribution in [0.1, 0.15) is 30.4 Å². The van der Waals surface area contributed by atoms with E-state index in [0.29, 0.717) is 36.8 Å².